The lowest BCUT2D eigenvalue weighted by molar-refractivity contribution is 0.512. The molecule has 0 aromatic carbocycles. The number of amidine groups is 1. The van der Waals surface area contributed by atoms with E-state index in [0.29, 0.717) is 12.4 Å². The number of nitriles is 1. The van der Waals surface area contributed by atoms with E-state index in [1.807, 2.05) is 13.8 Å². The zero-order valence-electron chi connectivity index (χ0n) is 7.09. The molecule has 0 amide bonds. The topological polar surface area (TPSA) is 62.2 Å². The third-order valence-electron chi connectivity index (χ3n) is 1.03. The zero-order valence-corrected chi connectivity index (χ0v) is 9.42. The summed E-state index contributed by atoms with van der Waals surface area (Å²) in [5.41, 5.74) is 4.91. The average Bonchev–Trinajstić information content (AvgIpc) is 1.85. The van der Waals surface area contributed by atoms with E-state index in [4.69, 9.17) is 11.0 Å². The molecule has 0 spiro atoms. The number of halogens is 1. The molecule has 4 heteroatoms. The smallest absolute Gasteiger partial charge is 0.0906 e. The standard InChI is InChI=1S/C7H13N3.HI/c1-6(9)10-5-7(2,3)4-8;/h5H2,1-3H3,(H2,9,10);1H. The highest BCUT2D eigenvalue weighted by Crippen LogP contribution is 2.12. The Hall–Kier alpha value is -0.310. The van der Waals surface area contributed by atoms with Crippen LogP contribution in [0.3, 0.4) is 0 Å². The number of rotatable bonds is 2. The molecule has 0 atom stereocenters. The number of nitrogens with two attached hydrogens (primary N) is 1. The predicted molar refractivity (Wildman–Crippen MR) is 57.0 cm³/mol. The first-order valence-corrected chi connectivity index (χ1v) is 3.16. The summed E-state index contributed by atoms with van der Waals surface area (Å²) in [5.74, 6) is 0.531. The molecular weight excluding hydrogens is 253 g/mol. The summed E-state index contributed by atoms with van der Waals surface area (Å²) in [5, 5.41) is 8.55. The maximum Gasteiger partial charge on any atom is 0.0906 e. The Labute approximate surface area is 84.7 Å². The second-order valence-corrected chi connectivity index (χ2v) is 2.95. The summed E-state index contributed by atoms with van der Waals surface area (Å²) in [6.45, 7) is 5.86. The van der Waals surface area contributed by atoms with Crippen LogP contribution in [-0.4, -0.2) is 12.4 Å². The summed E-state index contributed by atoms with van der Waals surface area (Å²) in [4.78, 5) is 3.94. The van der Waals surface area contributed by atoms with Crippen LogP contribution >= 0.6 is 24.0 Å². The monoisotopic (exact) mass is 267 g/mol. The van der Waals surface area contributed by atoms with E-state index in [0.717, 1.165) is 0 Å². The Balaban J connectivity index is 0. The molecule has 0 radical (unpaired) electrons. The normalized spacial score (nSPS) is 11.6. The number of hydrogen-bond donors (Lipinski definition) is 1. The van der Waals surface area contributed by atoms with Crippen molar-refractivity contribution in [1.29, 1.82) is 5.26 Å². The summed E-state index contributed by atoms with van der Waals surface area (Å²) < 4.78 is 0. The van der Waals surface area contributed by atoms with E-state index < -0.39 is 0 Å². The fourth-order valence-electron chi connectivity index (χ4n) is 0.358. The molecule has 0 aromatic heterocycles. The van der Waals surface area contributed by atoms with Crippen molar-refractivity contribution in [2.45, 2.75) is 20.8 Å². The third kappa shape index (κ3) is 7.59. The van der Waals surface area contributed by atoms with Crippen LogP contribution < -0.4 is 5.73 Å². The molecule has 0 saturated heterocycles. The van der Waals surface area contributed by atoms with Crippen molar-refractivity contribution in [3.05, 3.63) is 0 Å². The van der Waals surface area contributed by atoms with Gasteiger partial charge in [-0.3, -0.25) is 4.99 Å². The quantitative estimate of drug-likeness (QED) is 0.468. The molecule has 64 valence electrons. The average molecular weight is 267 g/mol. The minimum Gasteiger partial charge on any atom is -0.388 e. The van der Waals surface area contributed by atoms with Crippen LogP contribution in [0.25, 0.3) is 0 Å². The van der Waals surface area contributed by atoms with Crippen LogP contribution in [0.2, 0.25) is 0 Å². The highest BCUT2D eigenvalue weighted by atomic mass is 127. The molecule has 2 N–H and O–H groups in total. The Kier molecular flexibility index (Phi) is 6.47. The van der Waals surface area contributed by atoms with E-state index in [1.54, 1.807) is 6.92 Å². The molecule has 0 saturated carbocycles. The largest absolute Gasteiger partial charge is 0.388 e. The van der Waals surface area contributed by atoms with Crippen LogP contribution in [0.1, 0.15) is 20.8 Å². The molecule has 0 fully saturated rings. The van der Waals surface area contributed by atoms with Gasteiger partial charge in [0.05, 0.1) is 23.9 Å². The number of nitrogens with zero attached hydrogens (tertiary/aromatic N) is 2. The van der Waals surface area contributed by atoms with Gasteiger partial charge >= 0.3 is 0 Å². The second-order valence-electron chi connectivity index (χ2n) is 2.95. The van der Waals surface area contributed by atoms with Crippen LogP contribution in [-0.2, 0) is 0 Å². The summed E-state index contributed by atoms with van der Waals surface area (Å²) in [6.07, 6.45) is 0. The zero-order chi connectivity index (χ0) is 8.20. The van der Waals surface area contributed by atoms with Gasteiger partial charge in [-0.05, 0) is 20.8 Å². The van der Waals surface area contributed by atoms with Crippen LogP contribution in [0, 0.1) is 16.7 Å². The van der Waals surface area contributed by atoms with Crippen molar-refractivity contribution < 1.29 is 0 Å². The van der Waals surface area contributed by atoms with Gasteiger partial charge in [-0.2, -0.15) is 5.26 Å². The minimum absolute atomic E-state index is 0. The Morgan fingerprint density at radius 3 is 2.36 bits per heavy atom. The van der Waals surface area contributed by atoms with Gasteiger partial charge in [0.25, 0.3) is 0 Å². The Bertz CT molecular complexity index is 175. The van der Waals surface area contributed by atoms with E-state index in [9.17, 15) is 0 Å². The van der Waals surface area contributed by atoms with Gasteiger partial charge in [0.15, 0.2) is 0 Å². The van der Waals surface area contributed by atoms with Crippen LogP contribution in [0.15, 0.2) is 4.99 Å². The van der Waals surface area contributed by atoms with Crippen molar-refractivity contribution in [3.63, 3.8) is 0 Å². The number of hydrogen-bond acceptors (Lipinski definition) is 2. The van der Waals surface area contributed by atoms with Crippen molar-refractivity contribution >= 4 is 29.8 Å². The molecule has 0 aliphatic carbocycles. The van der Waals surface area contributed by atoms with Gasteiger partial charge in [0.2, 0.25) is 0 Å². The van der Waals surface area contributed by atoms with E-state index in [-0.39, 0.29) is 29.4 Å². The van der Waals surface area contributed by atoms with Gasteiger partial charge < -0.3 is 5.73 Å². The van der Waals surface area contributed by atoms with E-state index in [2.05, 4.69) is 11.1 Å². The van der Waals surface area contributed by atoms with Crippen molar-refractivity contribution in [2.24, 2.45) is 16.1 Å². The van der Waals surface area contributed by atoms with Crippen LogP contribution in [0.4, 0.5) is 0 Å². The van der Waals surface area contributed by atoms with Crippen molar-refractivity contribution in [3.8, 4) is 6.07 Å². The van der Waals surface area contributed by atoms with Crippen LogP contribution in [0.5, 0.6) is 0 Å². The van der Waals surface area contributed by atoms with Gasteiger partial charge in [-0.1, -0.05) is 0 Å². The maximum absolute atomic E-state index is 8.55. The van der Waals surface area contributed by atoms with Gasteiger partial charge in [0, 0.05) is 0 Å². The predicted octanol–water partition coefficient (Wildman–Crippen LogP) is 1.53. The lowest BCUT2D eigenvalue weighted by atomic mass is 9.96. The molecule has 0 aromatic rings. The molecule has 3 nitrogen and oxygen atoms in total. The minimum atomic E-state index is -0.388. The Morgan fingerprint density at radius 1 is 1.64 bits per heavy atom. The van der Waals surface area contributed by atoms with Gasteiger partial charge in [-0.25, -0.2) is 0 Å². The Morgan fingerprint density at radius 2 is 2.09 bits per heavy atom. The summed E-state index contributed by atoms with van der Waals surface area (Å²) >= 11 is 0. The molecule has 0 heterocycles. The first kappa shape index (κ1) is 13.3. The molecular formula is C7H14IN3. The maximum atomic E-state index is 8.55. The SMILES string of the molecule is CC(N)=NCC(C)(C)C#N.I. The fourth-order valence-corrected chi connectivity index (χ4v) is 0.358. The third-order valence-corrected chi connectivity index (χ3v) is 1.03. The van der Waals surface area contributed by atoms with Gasteiger partial charge in [0.1, 0.15) is 0 Å². The highest BCUT2D eigenvalue weighted by molar-refractivity contribution is 14.0. The highest BCUT2D eigenvalue weighted by Gasteiger charge is 2.14. The summed E-state index contributed by atoms with van der Waals surface area (Å²) in [6, 6.07) is 2.13. The molecule has 0 aliphatic heterocycles. The van der Waals surface area contributed by atoms with Crippen molar-refractivity contribution in [1.82, 2.24) is 0 Å². The first-order valence-electron chi connectivity index (χ1n) is 3.16. The lowest BCUT2D eigenvalue weighted by Crippen LogP contribution is -2.16. The molecule has 11 heavy (non-hydrogen) atoms. The fraction of sp³-hybridized carbons (Fsp3) is 0.714. The molecule has 0 rings (SSSR count). The molecule has 0 bridgehead atoms. The van der Waals surface area contributed by atoms with E-state index in [1.165, 1.54) is 0 Å². The lowest BCUT2D eigenvalue weighted by Gasteiger charge is -2.10. The molecule has 0 unspecified atom stereocenters. The second kappa shape index (κ2) is 5.35. The van der Waals surface area contributed by atoms with Crippen molar-refractivity contribution in [2.75, 3.05) is 6.54 Å². The first-order chi connectivity index (χ1) is 4.48. The van der Waals surface area contributed by atoms with Gasteiger partial charge in [-0.15, -0.1) is 24.0 Å². The number of aliphatic imine (C=N–C) groups is 1. The molecule has 0 aliphatic rings. The van der Waals surface area contributed by atoms with E-state index >= 15 is 0 Å². The summed E-state index contributed by atoms with van der Waals surface area (Å²) in [7, 11) is 0.